The molecule has 1 aromatic carbocycles. The molecule has 1 aliphatic rings. The molecule has 1 aliphatic carbocycles. The van der Waals surface area contributed by atoms with Gasteiger partial charge in [-0.25, -0.2) is 13.6 Å². The zero-order valence-corrected chi connectivity index (χ0v) is 12.6. The van der Waals surface area contributed by atoms with E-state index in [1.165, 1.54) is 25.3 Å². The molecule has 0 radical (unpaired) electrons. The summed E-state index contributed by atoms with van der Waals surface area (Å²) in [5.41, 5.74) is 6.62. The lowest BCUT2D eigenvalue weighted by molar-refractivity contribution is 0.317. The molecule has 1 saturated carbocycles. The van der Waals surface area contributed by atoms with E-state index in [2.05, 4.69) is 12.2 Å². The van der Waals surface area contributed by atoms with Crippen molar-refractivity contribution < 1.29 is 8.42 Å². The van der Waals surface area contributed by atoms with Gasteiger partial charge >= 0.3 is 0 Å². The summed E-state index contributed by atoms with van der Waals surface area (Å²) in [6.07, 6.45) is 5.77. The average Bonchev–Trinajstić information content (AvgIpc) is 2.40. The van der Waals surface area contributed by atoms with Gasteiger partial charge in [0.1, 0.15) is 4.90 Å². The van der Waals surface area contributed by atoms with Gasteiger partial charge in [0.25, 0.3) is 0 Å². The molecule has 0 aromatic heterocycles. The summed E-state index contributed by atoms with van der Waals surface area (Å²) in [6.45, 7) is 2.17. The van der Waals surface area contributed by atoms with E-state index in [1.54, 1.807) is 12.1 Å². The number of hydrogen-bond acceptors (Lipinski definition) is 4. The maximum Gasteiger partial charge on any atom is 0.240 e. The summed E-state index contributed by atoms with van der Waals surface area (Å²) in [5.74, 6) is 0.578. The normalized spacial score (nSPS) is 23.5. The fourth-order valence-corrected chi connectivity index (χ4v) is 3.71. The van der Waals surface area contributed by atoms with Crippen molar-refractivity contribution in [3.8, 4) is 0 Å². The van der Waals surface area contributed by atoms with Crippen molar-refractivity contribution in [3.63, 3.8) is 0 Å². The smallest absolute Gasteiger partial charge is 0.240 e. The minimum absolute atomic E-state index is 0.0814. The predicted molar refractivity (Wildman–Crippen MR) is 81.9 cm³/mol. The molecule has 0 spiro atoms. The van der Waals surface area contributed by atoms with Crippen LogP contribution in [0.2, 0.25) is 0 Å². The lowest BCUT2D eigenvalue weighted by Gasteiger charge is -2.32. The molecule has 2 unspecified atom stereocenters. The van der Waals surface area contributed by atoms with E-state index < -0.39 is 10.0 Å². The van der Waals surface area contributed by atoms with Crippen molar-refractivity contribution >= 4 is 21.4 Å². The topological polar surface area (TPSA) is 98.2 Å². The Balaban J connectivity index is 2.29. The number of sulfonamides is 1. The van der Waals surface area contributed by atoms with Gasteiger partial charge in [-0.1, -0.05) is 26.2 Å². The van der Waals surface area contributed by atoms with Crippen LogP contribution in [0.15, 0.2) is 23.1 Å². The molecule has 0 heterocycles. The number of nitrogens with one attached hydrogen (secondary N) is 1. The SMILES string of the molecule is CCC1CCCCC1Nc1ccc(N)cc1S(N)(=O)=O. The van der Waals surface area contributed by atoms with Gasteiger partial charge in [0.15, 0.2) is 0 Å². The molecule has 2 rings (SSSR count). The van der Waals surface area contributed by atoms with Gasteiger partial charge in [-0.3, -0.25) is 0 Å². The first-order valence-electron chi connectivity index (χ1n) is 7.10. The van der Waals surface area contributed by atoms with Gasteiger partial charge < -0.3 is 11.1 Å². The Hall–Kier alpha value is -1.27. The number of anilines is 2. The summed E-state index contributed by atoms with van der Waals surface area (Å²) in [5, 5.41) is 8.64. The van der Waals surface area contributed by atoms with Crippen molar-refractivity contribution in [2.75, 3.05) is 11.1 Å². The van der Waals surface area contributed by atoms with Gasteiger partial charge in [-0.05, 0) is 37.0 Å². The van der Waals surface area contributed by atoms with Crippen LogP contribution in [0, 0.1) is 5.92 Å². The lowest BCUT2D eigenvalue weighted by Crippen LogP contribution is -2.32. The van der Waals surface area contributed by atoms with Crippen LogP contribution < -0.4 is 16.2 Å². The standard InChI is InChI=1S/C14H23N3O2S/c1-2-10-5-3-4-6-12(10)17-13-8-7-11(15)9-14(13)20(16,18)19/h7-10,12,17H,2-6,15H2,1H3,(H2,16,18,19). The Labute approximate surface area is 120 Å². The summed E-state index contributed by atoms with van der Waals surface area (Å²) in [6, 6.07) is 5.12. The first-order valence-corrected chi connectivity index (χ1v) is 8.65. The summed E-state index contributed by atoms with van der Waals surface area (Å²) >= 11 is 0. The number of rotatable bonds is 4. The second kappa shape index (κ2) is 6.01. The van der Waals surface area contributed by atoms with Crippen LogP contribution in [0.5, 0.6) is 0 Å². The number of primary sulfonamides is 1. The Morgan fingerprint density at radius 3 is 2.65 bits per heavy atom. The van der Waals surface area contributed by atoms with Crippen LogP contribution in [-0.2, 0) is 10.0 Å². The van der Waals surface area contributed by atoms with Crippen LogP contribution in [0.4, 0.5) is 11.4 Å². The molecule has 20 heavy (non-hydrogen) atoms. The van der Waals surface area contributed by atoms with Crippen LogP contribution in [0.3, 0.4) is 0 Å². The van der Waals surface area contributed by atoms with Gasteiger partial charge in [-0.15, -0.1) is 0 Å². The second-order valence-electron chi connectivity index (χ2n) is 5.50. The van der Waals surface area contributed by atoms with Crippen LogP contribution in [-0.4, -0.2) is 14.5 Å². The molecule has 0 saturated heterocycles. The van der Waals surface area contributed by atoms with E-state index in [4.69, 9.17) is 10.9 Å². The third-order valence-corrected chi connectivity index (χ3v) is 5.04. The van der Waals surface area contributed by atoms with E-state index in [1.807, 2.05) is 0 Å². The Morgan fingerprint density at radius 1 is 1.30 bits per heavy atom. The molecule has 6 heteroatoms. The summed E-state index contributed by atoms with van der Waals surface area (Å²) in [4.78, 5) is 0.0814. The molecule has 1 fully saturated rings. The minimum Gasteiger partial charge on any atom is -0.399 e. The molecule has 0 amide bonds. The Morgan fingerprint density at radius 2 is 2.00 bits per heavy atom. The molecule has 5 nitrogen and oxygen atoms in total. The van der Waals surface area contributed by atoms with Crippen LogP contribution in [0.1, 0.15) is 39.0 Å². The van der Waals surface area contributed by atoms with Gasteiger partial charge in [0, 0.05) is 11.7 Å². The highest BCUT2D eigenvalue weighted by Gasteiger charge is 2.25. The second-order valence-corrected chi connectivity index (χ2v) is 7.03. The fourth-order valence-electron chi connectivity index (χ4n) is 2.98. The van der Waals surface area contributed by atoms with E-state index in [0.29, 0.717) is 23.3 Å². The monoisotopic (exact) mass is 297 g/mol. The van der Waals surface area contributed by atoms with Crippen molar-refractivity contribution in [2.24, 2.45) is 11.1 Å². The summed E-state index contributed by atoms with van der Waals surface area (Å²) < 4.78 is 23.4. The number of benzene rings is 1. The van der Waals surface area contributed by atoms with E-state index in [9.17, 15) is 8.42 Å². The number of nitrogens with two attached hydrogens (primary N) is 2. The maximum absolute atomic E-state index is 11.7. The Kier molecular flexibility index (Phi) is 4.55. The van der Waals surface area contributed by atoms with Gasteiger partial charge in [0.2, 0.25) is 10.0 Å². The molecule has 112 valence electrons. The largest absolute Gasteiger partial charge is 0.399 e. The first kappa shape index (κ1) is 15.1. The fraction of sp³-hybridized carbons (Fsp3) is 0.571. The maximum atomic E-state index is 11.7. The molecular weight excluding hydrogens is 274 g/mol. The third kappa shape index (κ3) is 3.43. The lowest BCUT2D eigenvalue weighted by atomic mass is 9.83. The van der Waals surface area contributed by atoms with Gasteiger partial charge in [0.05, 0.1) is 5.69 Å². The summed E-state index contributed by atoms with van der Waals surface area (Å²) in [7, 11) is -3.77. The Bertz CT molecular complexity index is 572. The van der Waals surface area contributed by atoms with E-state index >= 15 is 0 Å². The molecule has 0 aliphatic heterocycles. The van der Waals surface area contributed by atoms with Crippen LogP contribution in [0.25, 0.3) is 0 Å². The minimum atomic E-state index is -3.77. The van der Waals surface area contributed by atoms with E-state index in [0.717, 1.165) is 12.8 Å². The molecular formula is C14H23N3O2S. The highest BCUT2D eigenvalue weighted by molar-refractivity contribution is 7.89. The zero-order chi connectivity index (χ0) is 14.8. The zero-order valence-electron chi connectivity index (χ0n) is 11.8. The average molecular weight is 297 g/mol. The van der Waals surface area contributed by atoms with Crippen molar-refractivity contribution in [1.29, 1.82) is 0 Å². The highest BCUT2D eigenvalue weighted by Crippen LogP contribution is 2.31. The van der Waals surface area contributed by atoms with Crippen molar-refractivity contribution in [2.45, 2.75) is 50.0 Å². The number of hydrogen-bond donors (Lipinski definition) is 3. The highest BCUT2D eigenvalue weighted by atomic mass is 32.2. The number of nitrogen functional groups attached to an aromatic ring is 1. The van der Waals surface area contributed by atoms with Gasteiger partial charge in [-0.2, -0.15) is 0 Å². The molecule has 5 N–H and O–H groups in total. The predicted octanol–water partition coefficient (Wildman–Crippen LogP) is 2.30. The molecule has 0 bridgehead atoms. The first-order chi connectivity index (χ1) is 9.41. The van der Waals surface area contributed by atoms with Crippen LogP contribution >= 0.6 is 0 Å². The van der Waals surface area contributed by atoms with Crippen molar-refractivity contribution in [1.82, 2.24) is 0 Å². The molecule has 2 atom stereocenters. The van der Waals surface area contributed by atoms with Crippen molar-refractivity contribution in [3.05, 3.63) is 18.2 Å². The molecule has 1 aromatic rings. The van der Waals surface area contributed by atoms with E-state index in [-0.39, 0.29) is 4.90 Å². The quantitative estimate of drug-likeness (QED) is 0.743. The third-order valence-electron chi connectivity index (χ3n) is 4.09.